The molecule has 12 heteroatoms. The Bertz CT molecular complexity index is 934. The Morgan fingerprint density at radius 1 is 1.21 bits per heavy atom. The summed E-state index contributed by atoms with van der Waals surface area (Å²) in [7, 11) is -3.63. The quantitative estimate of drug-likeness (QED) is 0.577. The number of alkyl halides is 3. The minimum Gasteiger partial charge on any atom is -0.471 e. The summed E-state index contributed by atoms with van der Waals surface area (Å²) in [6, 6.07) is 5.32. The van der Waals surface area contributed by atoms with Crippen molar-refractivity contribution in [2.75, 3.05) is 17.7 Å². The van der Waals surface area contributed by atoms with Crippen LogP contribution in [0.4, 0.5) is 24.8 Å². The van der Waals surface area contributed by atoms with Gasteiger partial charge in [0.05, 0.1) is 23.4 Å². The van der Waals surface area contributed by atoms with E-state index in [1.165, 1.54) is 38.1 Å². The van der Waals surface area contributed by atoms with Gasteiger partial charge in [-0.25, -0.2) is 13.4 Å². The molecule has 2 aromatic rings. The molecule has 0 aliphatic rings. The van der Waals surface area contributed by atoms with E-state index >= 15 is 0 Å². The maximum Gasteiger partial charge on any atom is 0.423 e. The van der Waals surface area contributed by atoms with E-state index in [9.17, 15) is 26.7 Å². The van der Waals surface area contributed by atoms with Crippen LogP contribution in [0, 0.1) is 0 Å². The summed E-state index contributed by atoms with van der Waals surface area (Å²) in [6.45, 7) is 2.24. The van der Waals surface area contributed by atoms with Crippen molar-refractivity contribution >= 4 is 21.5 Å². The standard InChI is InChI=1S/C17H20F3N3O5S/c1-10(25)11(2)28-15-14(17(18,19)20)9-21-16(23-15)22-12-3-5-13(6-4-12)29(26,27)8-7-24/h3-6,9-11,24-25H,7-8H2,1-2H3,(H,21,22,23). The molecule has 2 atom stereocenters. The van der Waals surface area contributed by atoms with Gasteiger partial charge >= 0.3 is 6.18 Å². The molecule has 0 saturated carbocycles. The van der Waals surface area contributed by atoms with Crippen LogP contribution in [0.5, 0.6) is 5.88 Å². The van der Waals surface area contributed by atoms with Crippen LogP contribution in [0.1, 0.15) is 19.4 Å². The average Bonchev–Trinajstić information content (AvgIpc) is 2.61. The second-order valence-corrected chi connectivity index (χ2v) is 8.27. The van der Waals surface area contributed by atoms with Crippen LogP contribution in [0.15, 0.2) is 35.4 Å². The monoisotopic (exact) mass is 435 g/mol. The van der Waals surface area contributed by atoms with E-state index < -0.39 is 52.0 Å². The summed E-state index contributed by atoms with van der Waals surface area (Å²) in [5.41, 5.74) is -0.872. The summed E-state index contributed by atoms with van der Waals surface area (Å²) >= 11 is 0. The lowest BCUT2D eigenvalue weighted by Crippen LogP contribution is -2.27. The number of aliphatic hydroxyl groups excluding tert-OH is 2. The molecule has 0 radical (unpaired) electrons. The van der Waals surface area contributed by atoms with Crippen LogP contribution in [-0.2, 0) is 16.0 Å². The first kappa shape index (κ1) is 22.8. The second kappa shape index (κ2) is 8.93. The number of rotatable bonds is 8. The van der Waals surface area contributed by atoms with E-state index in [0.29, 0.717) is 11.9 Å². The minimum absolute atomic E-state index is 0.0137. The Hall–Kier alpha value is -2.44. The Morgan fingerprint density at radius 2 is 1.83 bits per heavy atom. The number of benzene rings is 1. The molecule has 3 N–H and O–H groups in total. The summed E-state index contributed by atoms with van der Waals surface area (Å²) in [4.78, 5) is 7.33. The lowest BCUT2D eigenvalue weighted by molar-refractivity contribution is -0.140. The van der Waals surface area contributed by atoms with Gasteiger partial charge in [-0.3, -0.25) is 0 Å². The average molecular weight is 435 g/mol. The zero-order valence-corrected chi connectivity index (χ0v) is 16.3. The zero-order chi connectivity index (χ0) is 21.8. The van der Waals surface area contributed by atoms with E-state index in [-0.39, 0.29) is 10.8 Å². The minimum atomic E-state index is -4.75. The maximum absolute atomic E-state index is 13.2. The molecular weight excluding hydrogens is 415 g/mol. The van der Waals surface area contributed by atoms with E-state index in [0.717, 1.165) is 0 Å². The predicted octanol–water partition coefficient (Wildman–Crippen LogP) is 2.15. The smallest absolute Gasteiger partial charge is 0.423 e. The third-order valence-electron chi connectivity index (χ3n) is 3.87. The van der Waals surface area contributed by atoms with Gasteiger partial charge in [0.1, 0.15) is 11.7 Å². The number of aromatic nitrogens is 2. The molecule has 1 aromatic heterocycles. The van der Waals surface area contributed by atoms with E-state index in [4.69, 9.17) is 9.84 Å². The third kappa shape index (κ3) is 6.02. The molecule has 0 aliphatic carbocycles. The molecule has 0 amide bonds. The summed E-state index contributed by atoms with van der Waals surface area (Å²) in [5, 5.41) is 20.9. The molecule has 0 bridgehead atoms. The number of aliphatic hydroxyl groups is 2. The largest absolute Gasteiger partial charge is 0.471 e. The Kier molecular flexibility index (Phi) is 7.03. The van der Waals surface area contributed by atoms with Gasteiger partial charge in [0.2, 0.25) is 11.8 Å². The van der Waals surface area contributed by atoms with Crippen LogP contribution >= 0.6 is 0 Å². The lowest BCUT2D eigenvalue weighted by atomic mass is 10.2. The summed E-state index contributed by atoms with van der Waals surface area (Å²) in [6.07, 6.45) is -6.18. The van der Waals surface area contributed by atoms with Gasteiger partial charge in [0.15, 0.2) is 9.84 Å². The van der Waals surface area contributed by atoms with Gasteiger partial charge in [0, 0.05) is 11.9 Å². The molecule has 8 nitrogen and oxygen atoms in total. The number of anilines is 2. The van der Waals surface area contributed by atoms with Crippen molar-refractivity contribution in [3.05, 3.63) is 36.0 Å². The van der Waals surface area contributed by atoms with Gasteiger partial charge in [-0.15, -0.1) is 0 Å². The molecule has 0 aliphatic heterocycles. The topological polar surface area (TPSA) is 122 Å². The number of halogens is 3. The van der Waals surface area contributed by atoms with Crippen LogP contribution < -0.4 is 10.1 Å². The molecule has 1 aromatic carbocycles. The molecule has 0 fully saturated rings. The predicted molar refractivity (Wildman–Crippen MR) is 97.7 cm³/mol. The molecule has 0 saturated heterocycles. The number of ether oxygens (including phenoxy) is 1. The molecule has 2 unspecified atom stereocenters. The van der Waals surface area contributed by atoms with Crippen LogP contribution in [0.2, 0.25) is 0 Å². The Morgan fingerprint density at radius 3 is 2.34 bits per heavy atom. The molecule has 2 rings (SSSR count). The van der Waals surface area contributed by atoms with Gasteiger partial charge < -0.3 is 20.3 Å². The van der Waals surface area contributed by atoms with Crippen molar-refractivity contribution in [3.63, 3.8) is 0 Å². The Balaban J connectivity index is 2.29. The highest BCUT2D eigenvalue weighted by atomic mass is 32.2. The SMILES string of the molecule is CC(O)C(C)Oc1nc(Nc2ccc(S(=O)(=O)CCO)cc2)ncc1C(F)(F)F. The van der Waals surface area contributed by atoms with Gasteiger partial charge in [0.25, 0.3) is 0 Å². The first-order chi connectivity index (χ1) is 13.4. The van der Waals surface area contributed by atoms with Crippen molar-refractivity contribution in [2.24, 2.45) is 0 Å². The van der Waals surface area contributed by atoms with Crippen LogP contribution in [0.3, 0.4) is 0 Å². The first-order valence-corrected chi connectivity index (χ1v) is 10.1. The van der Waals surface area contributed by atoms with Crippen molar-refractivity contribution < 1.29 is 36.5 Å². The van der Waals surface area contributed by atoms with E-state index in [2.05, 4.69) is 15.3 Å². The first-order valence-electron chi connectivity index (χ1n) is 8.43. The van der Waals surface area contributed by atoms with Crippen molar-refractivity contribution in [1.82, 2.24) is 9.97 Å². The molecule has 1 heterocycles. The summed E-state index contributed by atoms with van der Waals surface area (Å²) < 4.78 is 68.4. The summed E-state index contributed by atoms with van der Waals surface area (Å²) in [5.74, 6) is -1.38. The third-order valence-corrected chi connectivity index (χ3v) is 5.58. The van der Waals surface area contributed by atoms with Crippen molar-refractivity contribution in [2.45, 2.75) is 37.1 Å². The van der Waals surface area contributed by atoms with Crippen LogP contribution in [0.25, 0.3) is 0 Å². The fourth-order valence-corrected chi connectivity index (χ4v) is 3.12. The lowest BCUT2D eigenvalue weighted by Gasteiger charge is -2.20. The van der Waals surface area contributed by atoms with Gasteiger partial charge in [-0.05, 0) is 38.1 Å². The van der Waals surface area contributed by atoms with Crippen LogP contribution in [-0.4, -0.2) is 53.2 Å². The molecular formula is C17H20F3N3O5S. The van der Waals surface area contributed by atoms with E-state index in [1.54, 1.807) is 0 Å². The van der Waals surface area contributed by atoms with Gasteiger partial charge in [-0.1, -0.05) is 0 Å². The molecule has 160 valence electrons. The second-order valence-electron chi connectivity index (χ2n) is 6.17. The molecule has 0 spiro atoms. The number of sulfone groups is 1. The van der Waals surface area contributed by atoms with Crippen molar-refractivity contribution in [3.8, 4) is 5.88 Å². The molecule has 29 heavy (non-hydrogen) atoms. The fraction of sp³-hybridized carbons (Fsp3) is 0.412. The van der Waals surface area contributed by atoms with E-state index in [1.807, 2.05) is 0 Å². The van der Waals surface area contributed by atoms with Crippen molar-refractivity contribution in [1.29, 1.82) is 0 Å². The normalized spacial score (nSPS) is 14.3. The highest BCUT2D eigenvalue weighted by Crippen LogP contribution is 2.36. The maximum atomic E-state index is 13.2. The number of hydrogen-bond acceptors (Lipinski definition) is 8. The number of nitrogens with one attached hydrogen (secondary N) is 1. The van der Waals surface area contributed by atoms with Gasteiger partial charge in [-0.2, -0.15) is 18.2 Å². The Labute approximate surface area is 165 Å². The number of nitrogens with zero attached hydrogens (tertiary/aromatic N) is 2. The zero-order valence-electron chi connectivity index (χ0n) is 15.5. The highest BCUT2D eigenvalue weighted by molar-refractivity contribution is 7.91. The number of hydrogen-bond donors (Lipinski definition) is 3. The highest BCUT2D eigenvalue weighted by Gasteiger charge is 2.37. The fourth-order valence-electron chi connectivity index (χ4n) is 2.10.